The van der Waals surface area contributed by atoms with Crippen molar-refractivity contribution in [3.63, 3.8) is 0 Å². The van der Waals surface area contributed by atoms with E-state index in [2.05, 4.69) is 6.92 Å². The van der Waals surface area contributed by atoms with E-state index in [0.717, 1.165) is 12.8 Å². The first-order valence-electron chi connectivity index (χ1n) is 15.1. The molecule has 0 radical (unpaired) electrons. The summed E-state index contributed by atoms with van der Waals surface area (Å²) in [6, 6.07) is 0. The van der Waals surface area contributed by atoms with Crippen molar-refractivity contribution in [3.05, 3.63) is 0 Å². The van der Waals surface area contributed by atoms with E-state index < -0.39 is 23.3 Å². The molecular weight excluding hydrogens is 504 g/mol. The van der Waals surface area contributed by atoms with Crippen LogP contribution in [0, 0.1) is 5.41 Å². The summed E-state index contributed by atoms with van der Waals surface area (Å²) in [5, 5.41) is 50.7. The van der Waals surface area contributed by atoms with Gasteiger partial charge in [-0.05, 0) is 25.7 Å². The monoisotopic (exact) mass is 564 g/mol. The van der Waals surface area contributed by atoms with Crippen molar-refractivity contribution >= 4 is 17.9 Å². The fourth-order valence-corrected chi connectivity index (χ4v) is 3.69. The van der Waals surface area contributed by atoms with Crippen LogP contribution in [0.1, 0.15) is 149 Å². The molecule has 9 heteroatoms. The maximum absolute atomic E-state index is 10.3. The molecule has 0 spiro atoms. The van der Waals surface area contributed by atoms with Gasteiger partial charge in [0.05, 0.1) is 19.8 Å². The minimum atomic E-state index is -0.870. The molecule has 0 aliphatic carbocycles. The van der Waals surface area contributed by atoms with Crippen LogP contribution in [-0.4, -0.2) is 68.4 Å². The minimum absolute atomic E-state index is 0.0628. The Hall–Kier alpha value is -1.71. The fraction of sp³-hybridized carbons (Fsp3) is 0.900. The molecule has 234 valence electrons. The second-order valence-corrected chi connectivity index (χ2v) is 10.4. The molecule has 0 atom stereocenters. The molecular formula is C30H60O9. The van der Waals surface area contributed by atoms with Gasteiger partial charge in [0.25, 0.3) is 0 Å². The highest BCUT2D eigenvalue weighted by atomic mass is 16.4. The summed E-state index contributed by atoms with van der Waals surface area (Å²) in [5.74, 6) is -2.39. The zero-order chi connectivity index (χ0) is 30.2. The van der Waals surface area contributed by atoms with Crippen LogP contribution < -0.4 is 0 Å². The molecule has 9 nitrogen and oxygen atoms in total. The van der Waals surface area contributed by atoms with Crippen LogP contribution >= 0.6 is 0 Å². The summed E-state index contributed by atoms with van der Waals surface area (Å²) in [7, 11) is 0. The predicted octanol–water partition coefficient (Wildman–Crippen LogP) is 6.41. The third-order valence-corrected chi connectivity index (χ3v) is 6.78. The maximum atomic E-state index is 10.3. The summed E-state index contributed by atoms with van der Waals surface area (Å²) in [6.07, 6.45) is 21.8. The average Bonchev–Trinajstić information content (AvgIpc) is 2.91. The summed E-state index contributed by atoms with van der Waals surface area (Å²) in [6.45, 7) is 3.62. The maximum Gasteiger partial charge on any atom is 0.303 e. The highest BCUT2D eigenvalue weighted by molar-refractivity contribution is 5.68. The van der Waals surface area contributed by atoms with Crippen molar-refractivity contribution in [2.45, 2.75) is 149 Å². The molecule has 0 saturated heterocycles. The second-order valence-electron chi connectivity index (χ2n) is 10.4. The zero-order valence-corrected chi connectivity index (χ0v) is 24.9. The molecule has 6 N–H and O–H groups in total. The zero-order valence-electron chi connectivity index (χ0n) is 24.9. The van der Waals surface area contributed by atoms with E-state index in [0.29, 0.717) is 25.7 Å². The fourth-order valence-electron chi connectivity index (χ4n) is 3.69. The predicted molar refractivity (Wildman–Crippen MR) is 155 cm³/mol. The first kappa shape index (κ1) is 41.8. The van der Waals surface area contributed by atoms with Gasteiger partial charge in [-0.1, -0.05) is 104 Å². The number of aliphatic carboxylic acids is 3. The summed E-state index contributed by atoms with van der Waals surface area (Å²) in [5.41, 5.74) is -0.667. The molecule has 0 saturated carbocycles. The van der Waals surface area contributed by atoms with Crippen LogP contribution in [-0.2, 0) is 14.4 Å². The normalized spacial score (nSPS) is 10.7. The summed E-state index contributed by atoms with van der Waals surface area (Å²) < 4.78 is 0. The van der Waals surface area contributed by atoms with Crippen molar-refractivity contribution in [2.24, 2.45) is 5.41 Å². The Morgan fingerprint density at radius 3 is 0.846 bits per heavy atom. The molecule has 0 heterocycles. The molecule has 0 amide bonds. The molecule has 0 aromatic carbocycles. The Morgan fingerprint density at radius 1 is 0.436 bits per heavy atom. The smallest absolute Gasteiger partial charge is 0.303 e. The number of carbonyl (C=O) groups is 3. The van der Waals surface area contributed by atoms with Crippen LogP contribution in [0.25, 0.3) is 0 Å². The van der Waals surface area contributed by atoms with Crippen LogP contribution in [0.2, 0.25) is 0 Å². The summed E-state index contributed by atoms with van der Waals surface area (Å²) in [4.78, 5) is 30.1. The molecule has 0 aliphatic rings. The molecule has 0 fully saturated rings. The lowest BCUT2D eigenvalue weighted by molar-refractivity contribution is -0.139. The van der Waals surface area contributed by atoms with Gasteiger partial charge in [-0.3, -0.25) is 14.4 Å². The van der Waals surface area contributed by atoms with E-state index in [9.17, 15) is 14.4 Å². The topological polar surface area (TPSA) is 173 Å². The van der Waals surface area contributed by atoms with E-state index in [1.165, 1.54) is 83.5 Å². The molecule has 0 bridgehead atoms. The van der Waals surface area contributed by atoms with Gasteiger partial charge in [-0.15, -0.1) is 0 Å². The Labute approximate surface area is 237 Å². The van der Waals surface area contributed by atoms with Crippen molar-refractivity contribution in [2.75, 3.05) is 19.8 Å². The number of unbranched alkanes of at least 4 members (excludes halogenated alkanes) is 15. The van der Waals surface area contributed by atoms with Crippen LogP contribution in [0.4, 0.5) is 0 Å². The highest BCUT2D eigenvalue weighted by Crippen LogP contribution is 2.18. The number of aliphatic hydroxyl groups excluding tert-OH is 3. The Kier molecular flexibility index (Phi) is 34.8. The lowest BCUT2D eigenvalue weighted by Crippen LogP contribution is -2.32. The quantitative estimate of drug-likeness (QED) is 0.0685. The largest absolute Gasteiger partial charge is 0.481 e. The molecule has 39 heavy (non-hydrogen) atoms. The van der Waals surface area contributed by atoms with E-state index in [1.807, 2.05) is 6.92 Å². The van der Waals surface area contributed by atoms with Gasteiger partial charge in [-0.2, -0.15) is 0 Å². The average molecular weight is 565 g/mol. The molecule has 0 unspecified atom stereocenters. The van der Waals surface area contributed by atoms with Crippen molar-refractivity contribution < 1.29 is 45.0 Å². The number of carboxylic acids is 3. The minimum Gasteiger partial charge on any atom is -0.481 e. The van der Waals surface area contributed by atoms with Gasteiger partial charge in [0, 0.05) is 24.7 Å². The van der Waals surface area contributed by atoms with Crippen molar-refractivity contribution in [1.29, 1.82) is 0 Å². The van der Waals surface area contributed by atoms with Gasteiger partial charge >= 0.3 is 17.9 Å². The van der Waals surface area contributed by atoms with Crippen LogP contribution in [0.3, 0.4) is 0 Å². The Balaban J connectivity index is -0.000000568. The van der Waals surface area contributed by atoms with Gasteiger partial charge in [0.2, 0.25) is 0 Å². The third-order valence-electron chi connectivity index (χ3n) is 6.78. The number of aliphatic hydroxyl groups is 3. The summed E-state index contributed by atoms with van der Waals surface area (Å²) >= 11 is 0. The molecule has 0 aromatic rings. The van der Waals surface area contributed by atoms with Gasteiger partial charge in [-0.25, -0.2) is 0 Å². The van der Waals surface area contributed by atoms with E-state index in [1.54, 1.807) is 0 Å². The molecule has 0 rings (SSSR count). The number of rotatable bonds is 25. The first-order valence-corrected chi connectivity index (χ1v) is 15.1. The first-order chi connectivity index (χ1) is 18.6. The van der Waals surface area contributed by atoms with Crippen molar-refractivity contribution in [3.8, 4) is 0 Å². The van der Waals surface area contributed by atoms with E-state index in [4.69, 9.17) is 30.6 Å². The number of hydrogen-bond acceptors (Lipinski definition) is 6. The number of hydrogen-bond donors (Lipinski definition) is 6. The highest BCUT2D eigenvalue weighted by Gasteiger charge is 2.24. The van der Waals surface area contributed by atoms with Gasteiger partial charge in [0.1, 0.15) is 0 Å². The standard InChI is InChI=1S/C18H36O2.C6H10O4.C6H14O3/c1-2-3-4-5-6-7-8-9-10-11-12-13-14-15-16-17-18(19)20;7-5(8)3-1-2-4-6(9)10;1-2-6(3-7,4-8)5-9/h2-17H2,1H3,(H,19,20);1-4H2,(H,7,8)(H,9,10);7-9H,2-5H2,1H3. The van der Waals surface area contributed by atoms with Crippen LogP contribution in [0.5, 0.6) is 0 Å². The van der Waals surface area contributed by atoms with E-state index in [-0.39, 0.29) is 32.7 Å². The SMILES string of the molecule is CCC(CO)(CO)CO.CCCCCCCCCCCCCCCCCC(=O)O.O=C(O)CCCCC(=O)O. The number of carboxylic acid groups (broad SMARTS) is 3. The van der Waals surface area contributed by atoms with Crippen molar-refractivity contribution in [1.82, 2.24) is 0 Å². The van der Waals surface area contributed by atoms with Gasteiger partial charge < -0.3 is 30.6 Å². The van der Waals surface area contributed by atoms with Crippen LogP contribution in [0.15, 0.2) is 0 Å². The Morgan fingerprint density at radius 2 is 0.667 bits per heavy atom. The third kappa shape index (κ3) is 36.3. The van der Waals surface area contributed by atoms with Gasteiger partial charge in [0.15, 0.2) is 0 Å². The Bertz CT molecular complexity index is 515. The lowest BCUT2D eigenvalue weighted by Gasteiger charge is -2.24. The van der Waals surface area contributed by atoms with E-state index >= 15 is 0 Å². The molecule has 0 aliphatic heterocycles. The molecule has 0 aromatic heterocycles. The second kappa shape index (κ2) is 32.5. The lowest BCUT2D eigenvalue weighted by atomic mass is 9.88.